The number of anilines is 1. The van der Waals surface area contributed by atoms with Gasteiger partial charge in [0.15, 0.2) is 24.6 Å². The van der Waals surface area contributed by atoms with Gasteiger partial charge in [-0.2, -0.15) is 0 Å². The Bertz CT molecular complexity index is 1960. The molecule has 2 saturated heterocycles. The quantitative estimate of drug-likeness (QED) is 0.0806. The molecule has 310 valence electrons. The summed E-state index contributed by atoms with van der Waals surface area (Å²) in [5.74, 6) is -3.55. The zero-order chi connectivity index (χ0) is 41.9. The molecule has 2 aliphatic rings. The molecule has 1 aromatic heterocycles. The van der Waals surface area contributed by atoms with Crippen molar-refractivity contribution in [3.05, 3.63) is 89.1 Å². The highest BCUT2D eigenvalue weighted by Gasteiger charge is 2.52. The van der Waals surface area contributed by atoms with Gasteiger partial charge in [0.2, 0.25) is 0 Å². The molecule has 58 heavy (non-hydrogen) atoms. The van der Waals surface area contributed by atoms with Crippen molar-refractivity contribution in [3.8, 4) is 0 Å². The van der Waals surface area contributed by atoms with Gasteiger partial charge in [-0.3, -0.25) is 19.2 Å². The summed E-state index contributed by atoms with van der Waals surface area (Å²) in [5, 5.41) is 22.8. The molecule has 18 heteroatoms. The van der Waals surface area contributed by atoms with Crippen LogP contribution in [0.1, 0.15) is 80.0 Å². The van der Waals surface area contributed by atoms with Crippen molar-refractivity contribution >= 4 is 64.5 Å². The summed E-state index contributed by atoms with van der Waals surface area (Å²) < 4.78 is 40.9. The Balaban J connectivity index is 1.36. The zero-order valence-electron chi connectivity index (χ0n) is 32.1. The standard InChI is InChI=1S/C40H44N2O14S2/c1-21(44)50-19-33-36(52-23(3)46)37(53-24(4)47)35(51-22(2)45)32(55-33)17-34(57)42-28-8-5-7-27(15-28)40-54-29(20-58-38-30(39(48)49)9-6-14-41-38)16-31(56-40)26-12-10-25(18-43)11-13-26/h5-15,29,31-33,35-37,40,43H,16-20H2,1-4H3,(H,42,57)(H,48,49)/t29-,31+,32-,33+,35-,36+,37+,40?/m0/s1. The van der Waals surface area contributed by atoms with Gasteiger partial charge < -0.3 is 48.7 Å². The number of hydrogen-bond acceptors (Lipinski definition) is 16. The van der Waals surface area contributed by atoms with E-state index in [1.54, 1.807) is 24.3 Å². The van der Waals surface area contributed by atoms with Crippen LogP contribution in [0.3, 0.4) is 0 Å². The number of ether oxygens (including phenoxy) is 7. The van der Waals surface area contributed by atoms with E-state index in [2.05, 4.69) is 10.3 Å². The number of rotatable bonds is 15. The molecule has 0 aliphatic carbocycles. The lowest BCUT2D eigenvalue weighted by molar-refractivity contribution is -0.251. The smallest absolute Gasteiger partial charge is 0.338 e. The van der Waals surface area contributed by atoms with Gasteiger partial charge in [-0.15, -0.1) is 11.8 Å². The van der Waals surface area contributed by atoms with E-state index in [4.69, 9.17) is 45.4 Å². The fraction of sp³-hybridized carbons (Fsp3) is 0.425. The van der Waals surface area contributed by atoms with Gasteiger partial charge in [0.1, 0.15) is 23.8 Å². The largest absolute Gasteiger partial charge is 0.478 e. The molecule has 1 unspecified atom stereocenters. The van der Waals surface area contributed by atoms with Gasteiger partial charge in [-0.1, -0.05) is 48.6 Å². The number of pyridine rings is 1. The summed E-state index contributed by atoms with van der Waals surface area (Å²) in [6.45, 7) is 4.16. The summed E-state index contributed by atoms with van der Waals surface area (Å²) in [5.41, 5.74) is 2.88. The summed E-state index contributed by atoms with van der Waals surface area (Å²) in [6, 6.07) is 17.6. The second kappa shape index (κ2) is 20.6. The number of carboxylic acids is 1. The molecular formula is C40H44N2O14S2. The van der Waals surface area contributed by atoms with Crippen molar-refractivity contribution in [2.75, 3.05) is 17.7 Å². The van der Waals surface area contributed by atoms with E-state index in [0.717, 1.165) is 31.9 Å². The summed E-state index contributed by atoms with van der Waals surface area (Å²) in [7, 11) is 0. The van der Waals surface area contributed by atoms with Crippen LogP contribution in [0.4, 0.5) is 5.69 Å². The topological polar surface area (TPSA) is 215 Å². The predicted molar refractivity (Wildman–Crippen MR) is 210 cm³/mol. The zero-order valence-corrected chi connectivity index (χ0v) is 33.7. The first-order chi connectivity index (χ1) is 27.7. The van der Waals surface area contributed by atoms with Crippen LogP contribution >= 0.6 is 24.0 Å². The number of aromatic carboxylic acids is 1. The number of benzene rings is 2. The van der Waals surface area contributed by atoms with Crippen molar-refractivity contribution in [2.24, 2.45) is 0 Å². The number of aliphatic hydroxyl groups excluding tert-OH is 1. The van der Waals surface area contributed by atoms with E-state index < -0.39 is 78.9 Å². The molecule has 2 aliphatic heterocycles. The minimum Gasteiger partial charge on any atom is -0.478 e. The Kier molecular flexibility index (Phi) is 15.7. The maximum Gasteiger partial charge on any atom is 0.338 e. The van der Waals surface area contributed by atoms with Gasteiger partial charge in [0.25, 0.3) is 0 Å². The van der Waals surface area contributed by atoms with Crippen molar-refractivity contribution in [2.45, 2.75) is 101 Å². The van der Waals surface area contributed by atoms with E-state index >= 15 is 0 Å². The van der Waals surface area contributed by atoms with Crippen LogP contribution < -0.4 is 5.32 Å². The number of thiocarbonyl (C=S) groups is 1. The van der Waals surface area contributed by atoms with Crippen LogP contribution in [0.5, 0.6) is 0 Å². The molecule has 0 amide bonds. The van der Waals surface area contributed by atoms with Crippen LogP contribution in [0.15, 0.2) is 71.9 Å². The molecular weight excluding hydrogens is 797 g/mol. The van der Waals surface area contributed by atoms with Crippen LogP contribution in [-0.4, -0.2) is 99.0 Å². The van der Waals surface area contributed by atoms with Crippen LogP contribution in [0.2, 0.25) is 0 Å². The average molecular weight is 841 g/mol. The predicted octanol–water partition coefficient (Wildman–Crippen LogP) is 4.86. The molecule has 2 aromatic carbocycles. The molecule has 16 nitrogen and oxygen atoms in total. The van der Waals surface area contributed by atoms with Gasteiger partial charge >= 0.3 is 29.8 Å². The number of aliphatic hydroxyl groups is 1. The minimum atomic E-state index is -1.33. The molecule has 3 N–H and O–H groups in total. The van der Waals surface area contributed by atoms with Crippen molar-refractivity contribution < 1.29 is 67.3 Å². The van der Waals surface area contributed by atoms with Crippen molar-refractivity contribution in [1.29, 1.82) is 0 Å². The maximum absolute atomic E-state index is 12.3. The van der Waals surface area contributed by atoms with E-state index in [-0.39, 0.29) is 30.2 Å². The lowest BCUT2D eigenvalue weighted by atomic mass is 9.92. The van der Waals surface area contributed by atoms with Crippen LogP contribution in [0.25, 0.3) is 0 Å². The van der Waals surface area contributed by atoms with Crippen LogP contribution in [-0.2, 0) is 58.9 Å². The Morgan fingerprint density at radius 2 is 1.50 bits per heavy atom. The number of carbonyl (C=O) groups excluding carboxylic acids is 4. The van der Waals surface area contributed by atoms with Gasteiger partial charge in [-0.05, 0) is 35.4 Å². The first kappa shape index (κ1) is 44.1. The van der Waals surface area contributed by atoms with Gasteiger partial charge in [-0.25, -0.2) is 9.78 Å². The minimum absolute atomic E-state index is 0.0773. The third-order valence-electron chi connectivity index (χ3n) is 8.94. The van der Waals surface area contributed by atoms with E-state index in [0.29, 0.717) is 28.5 Å². The first-order valence-electron chi connectivity index (χ1n) is 18.2. The first-order valence-corrected chi connectivity index (χ1v) is 19.6. The lowest BCUT2D eigenvalue weighted by Crippen LogP contribution is -2.62. The molecule has 0 saturated carbocycles. The Morgan fingerprint density at radius 3 is 2.14 bits per heavy atom. The number of carbonyl (C=O) groups is 5. The molecule has 3 aromatic rings. The van der Waals surface area contributed by atoms with Gasteiger partial charge in [0.05, 0.1) is 29.4 Å². The van der Waals surface area contributed by atoms with E-state index in [1.807, 2.05) is 30.3 Å². The number of nitrogens with zero attached hydrogens (tertiary/aromatic N) is 1. The number of hydrogen-bond donors (Lipinski definition) is 3. The molecule has 5 rings (SSSR count). The highest BCUT2D eigenvalue weighted by atomic mass is 32.2. The number of thioether (sulfide) groups is 1. The van der Waals surface area contributed by atoms with Gasteiger partial charge in [0, 0.05) is 63.7 Å². The fourth-order valence-electron chi connectivity index (χ4n) is 6.50. The monoisotopic (exact) mass is 840 g/mol. The normalized spacial score (nSPS) is 24.2. The number of carboxylic acid groups (broad SMARTS) is 1. The number of esters is 4. The Morgan fingerprint density at radius 1 is 0.828 bits per heavy atom. The summed E-state index contributed by atoms with van der Waals surface area (Å²) in [6.07, 6.45) is -5.83. The SMILES string of the molecule is CC(=O)OC[C@H]1O[C@@H](CC(=S)Nc2cccc(C3O[C@H](CSc4ncccc4C(=O)O)C[C@H](c4ccc(CO)cc4)O3)c2)[C@H](OC(C)=O)[C@@H](OC(C)=O)[C@@H]1OC(C)=O. The highest BCUT2D eigenvalue weighted by molar-refractivity contribution is 7.99. The molecule has 8 atom stereocenters. The maximum atomic E-state index is 12.3. The molecule has 2 fully saturated rings. The summed E-state index contributed by atoms with van der Waals surface area (Å²) >= 11 is 7.01. The van der Waals surface area contributed by atoms with E-state index in [1.165, 1.54) is 30.9 Å². The fourth-order valence-corrected chi connectivity index (χ4v) is 7.79. The summed E-state index contributed by atoms with van der Waals surface area (Å²) in [4.78, 5) is 64.7. The lowest BCUT2D eigenvalue weighted by Gasteiger charge is -2.44. The van der Waals surface area contributed by atoms with E-state index in [9.17, 15) is 34.2 Å². The third kappa shape index (κ3) is 12.3. The second-order valence-electron chi connectivity index (χ2n) is 13.4. The Hall–Kier alpha value is -4.98. The second-order valence-corrected chi connectivity index (χ2v) is 14.9. The van der Waals surface area contributed by atoms with Crippen molar-refractivity contribution in [1.82, 2.24) is 4.98 Å². The highest BCUT2D eigenvalue weighted by Crippen LogP contribution is 2.40. The molecule has 0 radical (unpaired) electrons. The Labute approximate surface area is 343 Å². The third-order valence-corrected chi connectivity index (χ3v) is 10.3. The molecule has 3 heterocycles. The number of nitrogens with one attached hydrogen (secondary N) is 1. The molecule has 0 bridgehead atoms. The molecule has 0 spiro atoms. The van der Waals surface area contributed by atoms with Crippen molar-refractivity contribution in [3.63, 3.8) is 0 Å². The van der Waals surface area contributed by atoms with Crippen LogP contribution in [0, 0.1) is 0 Å². The average Bonchev–Trinajstić information content (AvgIpc) is 3.18. The number of aromatic nitrogens is 1.